The zero-order chi connectivity index (χ0) is 10.8. The molecular weight excluding hydrogens is 188 g/mol. The summed E-state index contributed by atoms with van der Waals surface area (Å²) in [5, 5.41) is 13.6. The van der Waals surface area contributed by atoms with Crippen molar-refractivity contribution in [1.29, 1.82) is 0 Å². The summed E-state index contributed by atoms with van der Waals surface area (Å²) in [4.78, 5) is 4.46. The molecule has 1 aromatic carbocycles. The quantitative estimate of drug-likeness (QED) is 0.786. The zero-order valence-electron chi connectivity index (χ0n) is 8.91. The van der Waals surface area contributed by atoms with E-state index in [2.05, 4.69) is 17.2 Å². The highest BCUT2D eigenvalue weighted by Crippen LogP contribution is 2.26. The minimum absolute atomic E-state index is 0.255. The second-order valence-corrected chi connectivity index (χ2v) is 3.47. The Morgan fingerprint density at radius 2 is 2.13 bits per heavy atom. The third-order valence-electron chi connectivity index (χ3n) is 2.48. The number of aryl methyl sites for hydroxylation is 1. The number of hydrogen-bond donors (Lipinski definition) is 2. The van der Waals surface area contributed by atoms with Crippen LogP contribution in [-0.4, -0.2) is 17.1 Å². The molecule has 2 N–H and O–H groups in total. The highest BCUT2D eigenvalue weighted by molar-refractivity contribution is 5.92. The van der Waals surface area contributed by atoms with Gasteiger partial charge in [0.15, 0.2) is 0 Å². The van der Waals surface area contributed by atoms with Gasteiger partial charge in [0.1, 0.15) is 5.75 Å². The summed E-state index contributed by atoms with van der Waals surface area (Å²) in [6, 6.07) is 7.29. The Labute approximate surface area is 88.8 Å². The average Bonchev–Trinajstić information content (AvgIpc) is 2.26. The van der Waals surface area contributed by atoms with Gasteiger partial charge in [-0.2, -0.15) is 0 Å². The van der Waals surface area contributed by atoms with Crippen molar-refractivity contribution in [3.05, 3.63) is 30.0 Å². The molecule has 0 saturated heterocycles. The smallest absolute Gasteiger partial charge is 0.117 e. The molecule has 0 spiro atoms. The van der Waals surface area contributed by atoms with Gasteiger partial charge in [-0.05, 0) is 24.6 Å². The van der Waals surface area contributed by atoms with E-state index < -0.39 is 0 Å². The van der Waals surface area contributed by atoms with E-state index in [0.717, 1.165) is 28.7 Å². The topological polar surface area (TPSA) is 45.1 Å². The van der Waals surface area contributed by atoms with Gasteiger partial charge in [0.25, 0.3) is 0 Å². The van der Waals surface area contributed by atoms with Gasteiger partial charge in [-0.15, -0.1) is 0 Å². The van der Waals surface area contributed by atoms with Crippen molar-refractivity contribution in [3.8, 4) is 5.75 Å². The van der Waals surface area contributed by atoms with Crippen LogP contribution in [0.1, 0.15) is 12.6 Å². The van der Waals surface area contributed by atoms with Crippen LogP contribution in [0.25, 0.3) is 10.9 Å². The molecule has 0 saturated carbocycles. The molecule has 78 valence electrons. The Morgan fingerprint density at radius 1 is 1.33 bits per heavy atom. The molecule has 2 rings (SSSR count). The summed E-state index contributed by atoms with van der Waals surface area (Å²) in [7, 11) is 1.89. The van der Waals surface area contributed by atoms with Crippen molar-refractivity contribution in [2.45, 2.75) is 13.3 Å². The second kappa shape index (κ2) is 3.77. The number of aromatic nitrogens is 1. The van der Waals surface area contributed by atoms with Gasteiger partial charge in [-0.25, -0.2) is 0 Å². The maximum absolute atomic E-state index is 9.40. The average molecular weight is 202 g/mol. The van der Waals surface area contributed by atoms with Crippen LogP contribution >= 0.6 is 0 Å². The Balaban J connectivity index is 2.74. The first-order chi connectivity index (χ1) is 7.24. The number of pyridine rings is 1. The Hall–Kier alpha value is -1.77. The van der Waals surface area contributed by atoms with E-state index in [1.54, 1.807) is 12.1 Å². The number of fused-ring (bicyclic) bond motifs is 1. The van der Waals surface area contributed by atoms with Gasteiger partial charge in [0.05, 0.1) is 5.52 Å². The minimum atomic E-state index is 0.255. The SMILES string of the molecule is CCc1cc(NC)c2ccc(O)cc2n1. The minimum Gasteiger partial charge on any atom is -0.508 e. The molecule has 0 unspecified atom stereocenters. The number of phenolic OH excluding ortho intramolecular Hbond substituents is 1. The van der Waals surface area contributed by atoms with E-state index in [9.17, 15) is 5.11 Å². The molecule has 0 amide bonds. The van der Waals surface area contributed by atoms with E-state index in [4.69, 9.17) is 0 Å². The van der Waals surface area contributed by atoms with Gasteiger partial charge >= 0.3 is 0 Å². The normalized spacial score (nSPS) is 10.5. The number of hydrogen-bond acceptors (Lipinski definition) is 3. The second-order valence-electron chi connectivity index (χ2n) is 3.47. The maximum atomic E-state index is 9.40. The summed E-state index contributed by atoms with van der Waals surface area (Å²) in [5.41, 5.74) is 2.91. The largest absolute Gasteiger partial charge is 0.508 e. The summed E-state index contributed by atoms with van der Waals surface area (Å²) in [5.74, 6) is 0.255. The fraction of sp³-hybridized carbons (Fsp3) is 0.250. The van der Waals surface area contributed by atoms with Gasteiger partial charge in [0.2, 0.25) is 0 Å². The fourth-order valence-corrected chi connectivity index (χ4v) is 1.66. The number of anilines is 1. The van der Waals surface area contributed by atoms with Crippen molar-refractivity contribution >= 4 is 16.6 Å². The highest BCUT2D eigenvalue weighted by Gasteiger charge is 2.04. The van der Waals surface area contributed by atoms with Crippen molar-refractivity contribution in [2.24, 2.45) is 0 Å². The van der Waals surface area contributed by atoms with Crippen molar-refractivity contribution < 1.29 is 5.11 Å². The molecule has 0 fully saturated rings. The van der Waals surface area contributed by atoms with Crippen LogP contribution in [0.5, 0.6) is 5.75 Å². The lowest BCUT2D eigenvalue weighted by Gasteiger charge is -2.08. The number of rotatable bonds is 2. The van der Waals surface area contributed by atoms with E-state index in [-0.39, 0.29) is 5.75 Å². The van der Waals surface area contributed by atoms with Gasteiger partial charge in [-0.1, -0.05) is 6.92 Å². The monoisotopic (exact) mass is 202 g/mol. The molecule has 0 aliphatic carbocycles. The first-order valence-corrected chi connectivity index (χ1v) is 5.05. The molecule has 0 atom stereocenters. The predicted molar refractivity (Wildman–Crippen MR) is 62.3 cm³/mol. The van der Waals surface area contributed by atoms with E-state index >= 15 is 0 Å². The Bertz CT molecular complexity index is 494. The molecular formula is C12H14N2O. The first kappa shape index (κ1) is 9.77. The summed E-state index contributed by atoms with van der Waals surface area (Å²) < 4.78 is 0. The molecule has 2 aromatic rings. The molecule has 0 aliphatic heterocycles. The first-order valence-electron chi connectivity index (χ1n) is 5.05. The molecule has 0 aliphatic rings. The van der Waals surface area contributed by atoms with Crippen LogP contribution in [0.15, 0.2) is 24.3 Å². The molecule has 1 aromatic heterocycles. The Morgan fingerprint density at radius 3 is 2.80 bits per heavy atom. The fourth-order valence-electron chi connectivity index (χ4n) is 1.66. The lowest BCUT2D eigenvalue weighted by molar-refractivity contribution is 0.476. The molecule has 0 radical (unpaired) electrons. The summed E-state index contributed by atoms with van der Waals surface area (Å²) in [6.45, 7) is 2.07. The van der Waals surface area contributed by atoms with Crippen LogP contribution in [-0.2, 0) is 6.42 Å². The zero-order valence-corrected chi connectivity index (χ0v) is 8.91. The van der Waals surface area contributed by atoms with Crippen molar-refractivity contribution in [1.82, 2.24) is 4.98 Å². The summed E-state index contributed by atoms with van der Waals surface area (Å²) >= 11 is 0. The van der Waals surface area contributed by atoms with Gasteiger partial charge < -0.3 is 10.4 Å². The van der Waals surface area contributed by atoms with Gasteiger partial charge in [0, 0.05) is 29.9 Å². The van der Waals surface area contributed by atoms with E-state index in [1.807, 2.05) is 19.2 Å². The molecule has 15 heavy (non-hydrogen) atoms. The predicted octanol–water partition coefficient (Wildman–Crippen LogP) is 2.54. The van der Waals surface area contributed by atoms with Crippen LogP contribution in [0.3, 0.4) is 0 Å². The number of phenols is 1. The molecule has 3 heteroatoms. The molecule has 1 heterocycles. The van der Waals surface area contributed by atoms with E-state index in [0.29, 0.717) is 0 Å². The molecule has 0 bridgehead atoms. The van der Waals surface area contributed by atoms with Crippen molar-refractivity contribution in [3.63, 3.8) is 0 Å². The number of aromatic hydroxyl groups is 1. The number of nitrogens with one attached hydrogen (secondary N) is 1. The third-order valence-corrected chi connectivity index (χ3v) is 2.48. The number of nitrogens with zero attached hydrogens (tertiary/aromatic N) is 1. The van der Waals surface area contributed by atoms with E-state index in [1.165, 1.54) is 0 Å². The third kappa shape index (κ3) is 1.73. The van der Waals surface area contributed by atoms with Crippen LogP contribution in [0.2, 0.25) is 0 Å². The lowest BCUT2D eigenvalue weighted by atomic mass is 10.1. The van der Waals surface area contributed by atoms with Crippen LogP contribution < -0.4 is 5.32 Å². The summed E-state index contributed by atoms with van der Waals surface area (Å²) in [6.07, 6.45) is 0.889. The maximum Gasteiger partial charge on any atom is 0.117 e. The highest BCUT2D eigenvalue weighted by atomic mass is 16.3. The Kier molecular flexibility index (Phi) is 2.46. The lowest BCUT2D eigenvalue weighted by Crippen LogP contribution is -1.95. The van der Waals surface area contributed by atoms with Crippen molar-refractivity contribution in [2.75, 3.05) is 12.4 Å². The standard InChI is InChI=1S/C12H14N2O/c1-3-8-6-11(13-2)10-5-4-9(15)7-12(10)14-8/h4-7,15H,3H2,1-2H3,(H,13,14). The van der Waals surface area contributed by atoms with Crippen LogP contribution in [0, 0.1) is 0 Å². The molecule has 3 nitrogen and oxygen atoms in total. The van der Waals surface area contributed by atoms with Gasteiger partial charge in [-0.3, -0.25) is 4.98 Å². The number of benzene rings is 1. The van der Waals surface area contributed by atoms with Crippen LogP contribution in [0.4, 0.5) is 5.69 Å².